The second kappa shape index (κ2) is 4.80. The molecule has 0 heterocycles. The zero-order valence-electron chi connectivity index (χ0n) is 8.21. The molecular formula is C9H21N3. The molecule has 0 amide bonds. The van der Waals surface area contributed by atoms with Gasteiger partial charge >= 0.3 is 0 Å². The Morgan fingerprint density at radius 2 is 2.17 bits per heavy atom. The molecule has 0 aromatic rings. The Morgan fingerprint density at radius 3 is 2.50 bits per heavy atom. The lowest BCUT2D eigenvalue weighted by Crippen LogP contribution is -2.44. The van der Waals surface area contributed by atoms with Crippen LogP contribution in [0.15, 0.2) is 0 Å². The molecule has 0 spiro atoms. The van der Waals surface area contributed by atoms with Crippen LogP contribution in [-0.2, 0) is 0 Å². The lowest BCUT2D eigenvalue weighted by molar-refractivity contribution is 0.207. The standard InChI is InChI=1S/C9H21N3/c1-12(2)7-6-9(11-10)8-4-3-5-8/h8-9,11H,3-7,10H2,1-2H3. The molecule has 1 fully saturated rings. The van der Waals surface area contributed by atoms with Crippen molar-refractivity contribution in [1.82, 2.24) is 10.3 Å². The Kier molecular flexibility index (Phi) is 3.98. The molecular weight excluding hydrogens is 150 g/mol. The molecule has 3 heteroatoms. The van der Waals surface area contributed by atoms with Gasteiger partial charge in [-0.15, -0.1) is 0 Å². The molecule has 12 heavy (non-hydrogen) atoms. The highest BCUT2D eigenvalue weighted by Crippen LogP contribution is 2.30. The smallest absolute Gasteiger partial charge is 0.0250 e. The molecule has 1 saturated carbocycles. The zero-order valence-corrected chi connectivity index (χ0v) is 8.21. The predicted octanol–water partition coefficient (Wildman–Crippen LogP) is 0.570. The van der Waals surface area contributed by atoms with Crippen LogP contribution in [0, 0.1) is 5.92 Å². The molecule has 0 aliphatic heterocycles. The molecule has 3 N–H and O–H groups in total. The summed E-state index contributed by atoms with van der Waals surface area (Å²) in [7, 11) is 4.21. The van der Waals surface area contributed by atoms with Crippen molar-refractivity contribution < 1.29 is 0 Å². The quantitative estimate of drug-likeness (QED) is 0.469. The van der Waals surface area contributed by atoms with Crippen LogP contribution >= 0.6 is 0 Å². The van der Waals surface area contributed by atoms with Crippen LogP contribution in [0.3, 0.4) is 0 Å². The summed E-state index contributed by atoms with van der Waals surface area (Å²) >= 11 is 0. The molecule has 0 saturated heterocycles. The highest BCUT2D eigenvalue weighted by molar-refractivity contribution is 4.81. The van der Waals surface area contributed by atoms with E-state index >= 15 is 0 Å². The van der Waals surface area contributed by atoms with Gasteiger partial charge in [-0.3, -0.25) is 11.3 Å². The van der Waals surface area contributed by atoms with Crippen LogP contribution in [0.25, 0.3) is 0 Å². The Labute approximate surface area is 75.3 Å². The van der Waals surface area contributed by atoms with Crippen molar-refractivity contribution in [3.63, 3.8) is 0 Å². The van der Waals surface area contributed by atoms with Gasteiger partial charge in [-0.2, -0.15) is 0 Å². The maximum absolute atomic E-state index is 5.50. The predicted molar refractivity (Wildman–Crippen MR) is 51.6 cm³/mol. The molecule has 0 radical (unpaired) electrons. The van der Waals surface area contributed by atoms with Crippen LogP contribution in [0.5, 0.6) is 0 Å². The molecule has 0 aromatic heterocycles. The van der Waals surface area contributed by atoms with E-state index in [1.54, 1.807) is 0 Å². The highest BCUT2D eigenvalue weighted by Gasteiger charge is 2.25. The first-order valence-electron chi connectivity index (χ1n) is 4.85. The summed E-state index contributed by atoms with van der Waals surface area (Å²) in [5, 5.41) is 0. The molecule has 3 nitrogen and oxygen atoms in total. The van der Waals surface area contributed by atoms with Gasteiger partial charge in [-0.1, -0.05) is 6.42 Å². The summed E-state index contributed by atoms with van der Waals surface area (Å²) in [5.41, 5.74) is 2.93. The third-order valence-electron chi connectivity index (χ3n) is 2.82. The molecule has 72 valence electrons. The minimum atomic E-state index is 0.543. The minimum Gasteiger partial charge on any atom is -0.309 e. The second-order valence-electron chi connectivity index (χ2n) is 4.06. The van der Waals surface area contributed by atoms with Crippen molar-refractivity contribution in [2.45, 2.75) is 31.7 Å². The molecule has 0 aromatic carbocycles. The van der Waals surface area contributed by atoms with Crippen molar-refractivity contribution in [2.75, 3.05) is 20.6 Å². The first-order chi connectivity index (χ1) is 5.74. The van der Waals surface area contributed by atoms with Gasteiger partial charge in [0.1, 0.15) is 0 Å². The van der Waals surface area contributed by atoms with Gasteiger partial charge in [0, 0.05) is 6.04 Å². The minimum absolute atomic E-state index is 0.543. The molecule has 0 bridgehead atoms. The van der Waals surface area contributed by atoms with Crippen LogP contribution in [-0.4, -0.2) is 31.6 Å². The van der Waals surface area contributed by atoms with E-state index < -0.39 is 0 Å². The molecule has 1 unspecified atom stereocenters. The topological polar surface area (TPSA) is 41.3 Å². The van der Waals surface area contributed by atoms with Crippen molar-refractivity contribution in [3.05, 3.63) is 0 Å². The SMILES string of the molecule is CN(C)CCC(NN)C1CCC1. The molecule has 1 atom stereocenters. The van der Waals surface area contributed by atoms with Crippen LogP contribution in [0.2, 0.25) is 0 Å². The van der Waals surface area contributed by atoms with Gasteiger partial charge in [-0.25, -0.2) is 0 Å². The fourth-order valence-corrected chi connectivity index (χ4v) is 1.69. The van der Waals surface area contributed by atoms with E-state index in [1.165, 1.54) is 25.7 Å². The van der Waals surface area contributed by atoms with Gasteiger partial charge in [0.05, 0.1) is 0 Å². The van der Waals surface area contributed by atoms with E-state index in [1.807, 2.05) is 0 Å². The number of nitrogens with two attached hydrogens (primary N) is 1. The maximum Gasteiger partial charge on any atom is 0.0250 e. The van der Waals surface area contributed by atoms with Crippen LogP contribution in [0.1, 0.15) is 25.7 Å². The van der Waals surface area contributed by atoms with Gasteiger partial charge in [0.2, 0.25) is 0 Å². The summed E-state index contributed by atoms with van der Waals surface area (Å²) in [6.45, 7) is 1.13. The number of nitrogens with one attached hydrogen (secondary N) is 1. The van der Waals surface area contributed by atoms with E-state index in [9.17, 15) is 0 Å². The Balaban J connectivity index is 2.15. The molecule has 1 aliphatic rings. The lowest BCUT2D eigenvalue weighted by atomic mass is 9.79. The number of rotatable bonds is 5. The average Bonchev–Trinajstić information content (AvgIpc) is 1.93. The number of hydrogen-bond acceptors (Lipinski definition) is 3. The average molecular weight is 171 g/mol. The van der Waals surface area contributed by atoms with Crippen molar-refractivity contribution >= 4 is 0 Å². The number of nitrogens with zero attached hydrogens (tertiary/aromatic N) is 1. The third-order valence-corrected chi connectivity index (χ3v) is 2.82. The van der Waals surface area contributed by atoms with Crippen molar-refractivity contribution in [2.24, 2.45) is 11.8 Å². The fourth-order valence-electron chi connectivity index (χ4n) is 1.69. The van der Waals surface area contributed by atoms with E-state index in [2.05, 4.69) is 24.4 Å². The Bertz CT molecular complexity index is 121. The largest absolute Gasteiger partial charge is 0.309 e. The Hall–Kier alpha value is -0.120. The van der Waals surface area contributed by atoms with Gasteiger partial charge in [0.15, 0.2) is 0 Å². The molecule has 1 aliphatic carbocycles. The van der Waals surface area contributed by atoms with E-state index in [0.717, 1.165) is 12.5 Å². The first kappa shape index (κ1) is 9.96. The number of hydrogen-bond donors (Lipinski definition) is 2. The van der Waals surface area contributed by atoms with Gasteiger partial charge in [0.25, 0.3) is 0 Å². The van der Waals surface area contributed by atoms with Crippen LogP contribution < -0.4 is 11.3 Å². The van der Waals surface area contributed by atoms with Gasteiger partial charge < -0.3 is 4.90 Å². The normalized spacial score (nSPS) is 21.0. The van der Waals surface area contributed by atoms with E-state index in [-0.39, 0.29) is 0 Å². The number of hydrazine groups is 1. The second-order valence-corrected chi connectivity index (χ2v) is 4.06. The van der Waals surface area contributed by atoms with Crippen LogP contribution in [0.4, 0.5) is 0 Å². The summed E-state index contributed by atoms with van der Waals surface area (Å²) in [6, 6.07) is 0.543. The summed E-state index contributed by atoms with van der Waals surface area (Å²) < 4.78 is 0. The lowest BCUT2D eigenvalue weighted by Gasteiger charge is -2.33. The first-order valence-corrected chi connectivity index (χ1v) is 4.85. The van der Waals surface area contributed by atoms with E-state index in [4.69, 9.17) is 5.84 Å². The molecule has 1 rings (SSSR count). The fraction of sp³-hybridized carbons (Fsp3) is 1.00. The van der Waals surface area contributed by atoms with E-state index in [0.29, 0.717) is 6.04 Å². The zero-order chi connectivity index (χ0) is 8.97. The Morgan fingerprint density at radius 1 is 1.50 bits per heavy atom. The van der Waals surface area contributed by atoms with Crippen molar-refractivity contribution in [3.8, 4) is 0 Å². The summed E-state index contributed by atoms with van der Waals surface area (Å²) in [5.74, 6) is 6.34. The summed E-state index contributed by atoms with van der Waals surface area (Å²) in [6.07, 6.45) is 5.30. The van der Waals surface area contributed by atoms with Gasteiger partial charge in [-0.05, 0) is 45.8 Å². The monoisotopic (exact) mass is 171 g/mol. The highest BCUT2D eigenvalue weighted by atomic mass is 15.2. The maximum atomic E-state index is 5.50. The van der Waals surface area contributed by atoms with Crippen molar-refractivity contribution in [1.29, 1.82) is 0 Å². The third kappa shape index (κ3) is 2.73. The summed E-state index contributed by atoms with van der Waals surface area (Å²) in [4.78, 5) is 2.21.